The molecular weight excluding hydrogens is 868 g/mol. The molecule has 4 heterocycles. The lowest BCUT2D eigenvalue weighted by molar-refractivity contribution is 0.0596. The molecule has 15 heteroatoms. The number of esters is 1. The molecule has 7 rings (SSSR count). The Balaban J connectivity index is 0.000000269. The number of likely N-dealkylation sites (tertiary alicyclic amines) is 3. The molecule has 8 nitrogen and oxygen atoms in total. The van der Waals surface area contributed by atoms with Gasteiger partial charge in [-0.15, -0.1) is 24.8 Å². The summed E-state index contributed by atoms with van der Waals surface area (Å²) in [5.74, 6) is 2.07. The first-order valence-electron chi connectivity index (χ1n) is 20.1. The van der Waals surface area contributed by atoms with E-state index in [2.05, 4.69) is 20.0 Å². The van der Waals surface area contributed by atoms with Crippen molar-refractivity contribution >= 4 is 77.2 Å². The van der Waals surface area contributed by atoms with Crippen LogP contribution < -0.4 is 14.8 Å². The van der Waals surface area contributed by atoms with Crippen LogP contribution >= 0.6 is 71.2 Å². The summed E-state index contributed by atoms with van der Waals surface area (Å²) in [6.07, 6.45) is 9.43. The van der Waals surface area contributed by atoms with Crippen LogP contribution in [0.15, 0.2) is 54.6 Å². The number of carbonyl (C=O) groups excluding carboxylic acids is 1. The number of nitrogens with zero attached hydrogens (tertiary/aromatic N) is 3. The maximum Gasteiger partial charge on any atom is 0.338 e. The third-order valence-electron chi connectivity index (χ3n) is 11.5. The maximum atomic E-state index is 13.6. The van der Waals surface area contributed by atoms with Crippen molar-refractivity contribution in [2.75, 3.05) is 72.6 Å². The minimum Gasteiger partial charge on any atom is -0.489 e. The third-order valence-corrected chi connectivity index (χ3v) is 12.6. The van der Waals surface area contributed by atoms with Crippen LogP contribution in [0.2, 0.25) is 20.1 Å². The van der Waals surface area contributed by atoms with Gasteiger partial charge in [0.05, 0.1) is 22.7 Å². The number of carbonyl (C=O) groups is 1. The van der Waals surface area contributed by atoms with Gasteiger partial charge in [-0.2, -0.15) is 0 Å². The van der Waals surface area contributed by atoms with Gasteiger partial charge in [-0.1, -0.05) is 52.5 Å². The fourth-order valence-electron chi connectivity index (χ4n) is 8.27. The van der Waals surface area contributed by atoms with E-state index in [9.17, 15) is 9.18 Å². The molecule has 1 N–H and O–H groups in total. The molecule has 0 bridgehead atoms. The Bertz CT molecular complexity index is 1720. The third kappa shape index (κ3) is 15.0. The number of halogens is 7. The van der Waals surface area contributed by atoms with Gasteiger partial charge in [0, 0.05) is 55.9 Å². The molecule has 4 aliphatic rings. The van der Waals surface area contributed by atoms with Gasteiger partial charge in [0.25, 0.3) is 0 Å². The first kappa shape index (κ1) is 48.9. The SMILES string of the molecule is COC(=O)c1cc(F)ccc1CN1CCC(CN2CCC(Oc3ccc(Cl)cc3Cl)CC2)CC1.Cl.Cl.Clc1ccc(OC2CCN(CC3CCNCC3)CC2)c(Cl)c1. The summed E-state index contributed by atoms with van der Waals surface area (Å²) < 4.78 is 30.6. The summed E-state index contributed by atoms with van der Waals surface area (Å²) in [7, 11) is 1.32. The Morgan fingerprint density at radius 3 is 1.59 bits per heavy atom. The van der Waals surface area contributed by atoms with Crippen molar-refractivity contribution in [2.24, 2.45) is 11.8 Å². The quantitative estimate of drug-likeness (QED) is 0.191. The van der Waals surface area contributed by atoms with Crippen LogP contribution in [-0.4, -0.2) is 105 Å². The number of methoxy groups -OCH3 is 1. The van der Waals surface area contributed by atoms with Gasteiger partial charge in [-0.05, 0) is 143 Å². The van der Waals surface area contributed by atoms with E-state index in [1.165, 1.54) is 51.7 Å². The number of piperidine rings is 4. The smallest absolute Gasteiger partial charge is 0.338 e. The van der Waals surface area contributed by atoms with E-state index in [1.807, 2.05) is 18.2 Å². The molecule has 0 spiro atoms. The molecule has 4 saturated heterocycles. The summed E-state index contributed by atoms with van der Waals surface area (Å²) in [6, 6.07) is 15.2. The molecule has 4 fully saturated rings. The van der Waals surface area contributed by atoms with Gasteiger partial charge in [0.2, 0.25) is 0 Å². The molecule has 58 heavy (non-hydrogen) atoms. The van der Waals surface area contributed by atoms with Gasteiger partial charge >= 0.3 is 5.97 Å². The summed E-state index contributed by atoms with van der Waals surface area (Å²) >= 11 is 24.3. The second kappa shape index (κ2) is 24.6. The molecule has 0 saturated carbocycles. The molecule has 0 atom stereocenters. The van der Waals surface area contributed by atoms with Crippen molar-refractivity contribution in [3.05, 3.63) is 91.6 Å². The highest BCUT2D eigenvalue weighted by molar-refractivity contribution is 6.36. The first-order chi connectivity index (χ1) is 27.1. The van der Waals surface area contributed by atoms with Gasteiger partial charge in [-0.3, -0.25) is 4.90 Å². The van der Waals surface area contributed by atoms with Crippen molar-refractivity contribution in [1.82, 2.24) is 20.0 Å². The first-order valence-corrected chi connectivity index (χ1v) is 21.6. The molecule has 322 valence electrons. The number of hydrogen-bond acceptors (Lipinski definition) is 8. The Labute approximate surface area is 376 Å². The van der Waals surface area contributed by atoms with Crippen LogP contribution in [0.1, 0.15) is 67.3 Å². The molecule has 3 aromatic carbocycles. The van der Waals surface area contributed by atoms with Crippen LogP contribution in [0.25, 0.3) is 0 Å². The number of hydrogen-bond donors (Lipinski definition) is 1. The molecule has 0 radical (unpaired) electrons. The van der Waals surface area contributed by atoms with E-state index in [-0.39, 0.29) is 37.0 Å². The summed E-state index contributed by atoms with van der Waals surface area (Å²) in [6.45, 7) is 11.6. The summed E-state index contributed by atoms with van der Waals surface area (Å²) in [5, 5.41) is 5.85. The molecule has 0 unspecified atom stereocenters. The number of nitrogens with one attached hydrogen (secondary N) is 1. The van der Waals surface area contributed by atoms with Crippen molar-refractivity contribution in [2.45, 2.75) is 70.1 Å². The average Bonchev–Trinajstić information content (AvgIpc) is 3.20. The average molecular weight is 926 g/mol. The normalized spacial score (nSPS) is 19.3. The predicted octanol–water partition coefficient (Wildman–Crippen LogP) is 10.4. The fourth-order valence-corrected chi connectivity index (χ4v) is 9.18. The highest BCUT2D eigenvalue weighted by Gasteiger charge is 2.27. The van der Waals surface area contributed by atoms with Crippen molar-refractivity contribution < 1.29 is 23.4 Å². The molecule has 0 aromatic heterocycles. The minimum atomic E-state index is -0.491. The van der Waals surface area contributed by atoms with Crippen LogP contribution in [0.4, 0.5) is 4.39 Å². The predicted molar refractivity (Wildman–Crippen MR) is 239 cm³/mol. The van der Waals surface area contributed by atoms with E-state index in [0.29, 0.717) is 43.9 Å². The van der Waals surface area contributed by atoms with Gasteiger partial charge < -0.3 is 29.3 Å². The second-order valence-electron chi connectivity index (χ2n) is 15.6. The zero-order valence-electron chi connectivity index (χ0n) is 33.1. The van der Waals surface area contributed by atoms with Crippen LogP contribution in [0.3, 0.4) is 0 Å². The van der Waals surface area contributed by atoms with Gasteiger partial charge in [-0.25, -0.2) is 9.18 Å². The van der Waals surface area contributed by atoms with Gasteiger partial charge in [0.15, 0.2) is 0 Å². The second-order valence-corrected chi connectivity index (χ2v) is 17.3. The summed E-state index contributed by atoms with van der Waals surface area (Å²) in [5.41, 5.74) is 1.13. The Kier molecular flexibility index (Phi) is 20.8. The Morgan fingerprint density at radius 2 is 1.12 bits per heavy atom. The Morgan fingerprint density at radius 1 is 0.655 bits per heavy atom. The van der Waals surface area contributed by atoms with E-state index >= 15 is 0 Å². The number of benzene rings is 3. The lowest BCUT2D eigenvalue weighted by Gasteiger charge is -2.37. The van der Waals surface area contributed by atoms with E-state index in [0.717, 1.165) is 102 Å². The highest BCUT2D eigenvalue weighted by atomic mass is 35.5. The van der Waals surface area contributed by atoms with Crippen LogP contribution in [-0.2, 0) is 11.3 Å². The lowest BCUT2D eigenvalue weighted by Crippen LogP contribution is -2.43. The number of ether oxygens (including phenoxy) is 3. The molecule has 0 amide bonds. The van der Waals surface area contributed by atoms with E-state index in [4.69, 9.17) is 60.6 Å². The van der Waals surface area contributed by atoms with E-state index in [1.54, 1.807) is 24.3 Å². The Hall–Kier alpha value is -1.76. The van der Waals surface area contributed by atoms with Crippen LogP contribution in [0.5, 0.6) is 11.5 Å². The fraction of sp³-hybridized carbons (Fsp3) is 0.558. The van der Waals surface area contributed by atoms with Crippen molar-refractivity contribution in [3.63, 3.8) is 0 Å². The van der Waals surface area contributed by atoms with Crippen LogP contribution in [0, 0.1) is 17.7 Å². The van der Waals surface area contributed by atoms with Crippen molar-refractivity contribution in [1.29, 1.82) is 0 Å². The standard InChI is InChI=1S/C26H31Cl2FN2O3.C17H24Cl2N2O.2ClH/c1-33-26(32)23-15-21(29)4-2-19(23)17-31-10-6-18(7-11-31)16-30-12-8-22(9-13-30)34-25-5-3-20(27)14-24(25)28;18-14-1-2-17(16(19)11-14)22-15-5-9-21(10-6-15)12-13-3-7-20-8-4-13;;/h2-5,14-15,18,22H,6-13,16-17H2,1H3;1-2,11,13,15,20H,3-10,12H2;2*1H. The number of rotatable bonds is 11. The summed E-state index contributed by atoms with van der Waals surface area (Å²) in [4.78, 5) is 19.5. The van der Waals surface area contributed by atoms with Crippen molar-refractivity contribution in [3.8, 4) is 11.5 Å². The molecular formula is C43H57Cl6FN4O4. The monoisotopic (exact) mass is 922 g/mol. The lowest BCUT2D eigenvalue weighted by atomic mass is 9.94. The van der Waals surface area contributed by atoms with Gasteiger partial charge in [0.1, 0.15) is 29.5 Å². The van der Waals surface area contributed by atoms with E-state index < -0.39 is 11.8 Å². The zero-order chi connectivity index (χ0) is 39.4. The molecule has 4 aliphatic heterocycles. The molecule has 0 aliphatic carbocycles. The zero-order valence-corrected chi connectivity index (χ0v) is 37.8. The molecule has 3 aromatic rings. The largest absolute Gasteiger partial charge is 0.489 e. The minimum absolute atomic E-state index is 0. The highest BCUT2D eigenvalue weighted by Crippen LogP contribution is 2.32. The topological polar surface area (TPSA) is 66.5 Å². The maximum absolute atomic E-state index is 13.6.